The summed E-state index contributed by atoms with van der Waals surface area (Å²) in [5, 5.41) is 2.78. The third-order valence-electron chi connectivity index (χ3n) is 3.72. The molecule has 17 heavy (non-hydrogen) atoms. The molecule has 1 aromatic heterocycles. The number of thiazole rings is 1. The Hall–Kier alpha value is -0.610. The zero-order valence-electron chi connectivity index (χ0n) is 10.7. The molecule has 0 amide bonds. The van der Waals surface area contributed by atoms with Gasteiger partial charge in [0.1, 0.15) is 0 Å². The van der Waals surface area contributed by atoms with Crippen LogP contribution in [0.5, 0.6) is 0 Å². The summed E-state index contributed by atoms with van der Waals surface area (Å²) in [4.78, 5) is 6.95. The SMILES string of the molecule is CCN(CCc1csc(N)n1)C1CCCCC1. The van der Waals surface area contributed by atoms with Crippen LogP contribution in [0.1, 0.15) is 44.7 Å². The van der Waals surface area contributed by atoms with E-state index in [4.69, 9.17) is 5.73 Å². The summed E-state index contributed by atoms with van der Waals surface area (Å²) >= 11 is 1.55. The minimum atomic E-state index is 0.695. The fraction of sp³-hybridized carbons (Fsp3) is 0.769. The summed E-state index contributed by atoms with van der Waals surface area (Å²) in [5.41, 5.74) is 6.81. The lowest BCUT2D eigenvalue weighted by molar-refractivity contribution is 0.165. The van der Waals surface area contributed by atoms with Gasteiger partial charge in [0.2, 0.25) is 0 Å². The Labute approximate surface area is 108 Å². The van der Waals surface area contributed by atoms with Gasteiger partial charge in [-0.25, -0.2) is 4.98 Å². The molecule has 2 rings (SSSR count). The molecule has 2 N–H and O–H groups in total. The zero-order valence-corrected chi connectivity index (χ0v) is 11.5. The fourth-order valence-electron chi connectivity index (χ4n) is 2.74. The third-order valence-corrected chi connectivity index (χ3v) is 4.44. The highest BCUT2D eigenvalue weighted by atomic mass is 32.1. The molecule has 0 saturated heterocycles. The van der Waals surface area contributed by atoms with Crippen molar-refractivity contribution >= 4 is 16.5 Å². The number of nitrogens with two attached hydrogens (primary N) is 1. The molecule has 0 radical (unpaired) electrons. The summed E-state index contributed by atoms with van der Waals surface area (Å²) in [5.74, 6) is 0. The Kier molecular flexibility index (Phi) is 4.80. The predicted molar refractivity (Wildman–Crippen MR) is 74.4 cm³/mol. The van der Waals surface area contributed by atoms with Gasteiger partial charge >= 0.3 is 0 Å². The zero-order chi connectivity index (χ0) is 12.1. The topological polar surface area (TPSA) is 42.1 Å². The van der Waals surface area contributed by atoms with Crippen molar-refractivity contribution in [2.45, 2.75) is 51.5 Å². The number of rotatable bonds is 5. The molecule has 1 heterocycles. The molecule has 1 saturated carbocycles. The van der Waals surface area contributed by atoms with Gasteiger partial charge in [0, 0.05) is 24.4 Å². The molecule has 4 heteroatoms. The van der Waals surface area contributed by atoms with E-state index in [-0.39, 0.29) is 0 Å². The quantitative estimate of drug-likeness (QED) is 0.877. The van der Waals surface area contributed by atoms with E-state index in [9.17, 15) is 0 Å². The molecule has 0 aliphatic heterocycles. The summed E-state index contributed by atoms with van der Waals surface area (Å²) in [6.07, 6.45) is 8.05. The van der Waals surface area contributed by atoms with Crippen LogP contribution in [0.15, 0.2) is 5.38 Å². The van der Waals surface area contributed by atoms with Gasteiger partial charge in [0.15, 0.2) is 5.13 Å². The number of anilines is 1. The first-order valence-electron chi connectivity index (χ1n) is 6.73. The van der Waals surface area contributed by atoms with Crippen molar-refractivity contribution in [3.63, 3.8) is 0 Å². The first-order chi connectivity index (χ1) is 8.29. The number of likely N-dealkylation sites (N-methyl/N-ethyl adjacent to an activating group) is 1. The van der Waals surface area contributed by atoms with E-state index >= 15 is 0 Å². The molecule has 96 valence electrons. The lowest BCUT2D eigenvalue weighted by atomic mass is 9.94. The van der Waals surface area contributed by atoms with E-state index < -0.39 is 0 Å². The first kappa shape index (κ1) is 12.8. The smallest absolute Gasteiger partial charge is 0.180 e. The lowest BCUT2D eigenvalue weighted by Crippen LogP contribution is -2.38. The standard InChI is InChI=1S/C13H23N3S/c1-2-16(12-6-4-3-5-7-12)9-8-11-10-17-13(14)15-11/h10,12H,2-9H2,1H3,(H2,14,15). The monoisotopic (exact) mass is 253 g/mol. The maximum atomic E-state index is 5.65. The highest BCUT2D eigenvalue weighted by molar-refractivity contribution is 7.13. The minimum Gasteiger partial charge on any atom is -0.375 e. The van der Waals surface area contributed by atoms with Crippen LogP contribution in [0.4, 0.5) is 5.13 Å². The van der Waals surface area contributed by atoms with E-state index in [1.807, 2.05) is 0 Å². The van der Waals surface area contributed by atoms with Crippen LogP contribution in [-0.4, -0.2) is 29.0 Å². The fourth-order valence-corrected chi connectivity index (χ4v) is 3.34. The van der Waals surface area contributed by atoms with E-state index in [0.717, 1.165) is 31.2 Å². The molecular formula is C13H23N3S. The molecule has 1 aromatic rings. The maximum Gasteiger partial charge on any atom is 0.180 e. The lowest BCUT2D eigenvalue weighted by Gasteiger charge is -2.33. The second-order valence-electron chi connectivity index (χ2n) is 4.85. The molecule has 3 nitrogen and oxygen atoms in total. The van der Waals surface area contributed by atoms with Crippen LogP contribution < -0.4 is 5.73 Å². The molecule has 1 aliphatic carbocycles. The van der Waals surface area contributed by atoms with Gasteiger partial charge in [-0.05, 0) is 19.4 Å². The number of hydrogen-bond acceptors (Lipinski definition) is 4. The van der Waals surface area contributed by atoms with Gasteiger partial charge < -0.3 is 10.6 Å². The van der Waals surface area contributed by atoms with Crippen molar-refractivity contribution in [1.29, 1.82) is 0 Å². The average Bonchev–Trinajstić information content (AvgIpc) is 2.77. The van der Waals surface area contributed by atoms with Gasteiger partial charge in [-0.15, -0.1) is 11.3 Å². The van der Waals surface area contributed by atoms with E-state index in [0.29, 0.717) is 5.13 Å². The molecule has 0 bridgehead atoms. The van der Waals surface area contributed by atoms with Crippen molar-refractivity contribution in [3.8, 4) is 0 Å². The van der Waals surface area contributed by atoms with Crippen molar-refractivity contribution in [1.82, 2.24) is 9.88 Å². The van der Waals surface area contributed by atoms with Crippen molar-refractivity contribution < 1.29 is 0 Å². The van der Waals surface area contributed by atoms with Crippen molar-refractivity contribution in [2.75, 3.05) is 18.8 Å². The van der Waals surface area contributed by atoms with E-state index in [2.05, 4.69) is 22.2 Å². The number of nitrogen functional groups attached to an aromatic ring is 1. The predicted octanol–water partition coefficient (Wildman–Crippen LogP) is 2.92. The highest BCUT2D eigenvalue weighted by Crippen LogP contribution is 2.22. The summed E-state index contributed by atoms with van der Waals surface area (Å²) < 4.78 is 0. The largest absolute Gasteiger partial charge is 0.375 e. The second-order valence-corrected chi connectivity index (χ2v) is 5.74. The van der Waals surface area contributed by atoms with Crippen LogP contribution >= 0.6 is 11.3 Å². The van der Waals surface area contributed by atoms with Crippen LogP contribution in [0.25, 0.3) is 0 Å². The molecule has 0 unspecified atom stereocenters. The molecule has 1 aliphatic rings. The number of aromatic nitrogens is 1. The van der Waals surface area contributed by atoms with Crippen molar-refractivity contribution in [3.05, 3.63) is 11.1 Å². The summed E-state index contributed by atoms with van der Waals surface area (Å²) in [6, 6.07) is 0.810. The van der Waals surface area contributed by atoms with Crippen molar-refractivity contribution in [2.24, 2.45) is 0 Å². The Morgan fingerprint density at radius 3 is 2.76 bits per heavy atom. The van der Waals surface area contributed by atoms with E-state index in [1.54, 1.807) is 11.3 Å². The Morgan fingerprint density at radius 1 is 1.41 bits per heavy atom. The Bertz CT molecular complexity index is 331. The normalized spacial score (nSPS) is 17.8. The van der Waals surface area contributed by atoms with Crippen LogP contribution in [0, 0.1) is 0 Å². The van der Waals surface area contributed by atoms with E-state index in [1.165, 1.54) is 32.1 Å². The Morgan fingerprint density at radius 2 is 2.18 bits per heavy atom. The van der Waals surface area contributed by atoms with Gasteiger partial charge in [0.05, 0.1) is 5.69 Å². The number of hydrogen-bond donors (Lipinski definition) is 1. The summed E-state index contributed by atoms with van der Waals surface area (Å²) in [6.45, 7) is 4.55. The van der Waals surface area contributed by atoms with Crippen LogP contribution in [0.2, 0.25) is 0 Å². The van der Waals surface area contributed by atoms with Gasteiger partial charge in [-0.2, -0.15) is 0 Å². The highest BCUT2D eigenvalue weighted by Gasteiger charge is 2.19. The molecule has 1 fully saturated rings. The molecule has 0 atom stereocenters. The second kappa shape index (κ2) is 6.36. The van der Waals surface area contributed by atoms with Gasteiger partial charge in [-0.3, -0.25) is 0 Å². The van der Waals surface area contributed by atoms with Crippen LogP contribution in [0.3, 0.4) is 0 Å². The Balaban J connectivity index is 1.82. The molecule has 0 aromatic carbocycles. The van der Waals surface area contributed by atoms with Crippen LogP contribution in [-0.2, 0) is 6.42 Å². The number of nitrogens with zero attached hydrogens (tertiary/aromatic N) is 2. The average molecular weight is 253 g/mol. The minimum absolute atomic E-state index is 0.695. The van der Waals surface area contributed by atoms with Gasteiger partial charge in [0.25, 0.3) is 0 Å². The molecular weight excluding hydrogens is 230 g/mol. The maximum absolute atomic E-state index is 5.65. The third kappa shape index (κ3) is 3.68. The first-order valence-corrected chi connectivity index (χ1v) is 7.61. The molecule has 0 spiro atoms. The summed E-state index contributed by atoms with van der Waals surface area (Å²) in [7, 11) is 0. The van der Waals surface area contributed by atoms with Gasteiger partial charge in [-0.1, -0.05) is 26.2 Å².